The van der Waals surface area contributed by atoms with Crippen molar-refractivity contribution in [2.45, 2.75) is 51.5 Å². The molecule has 3 aromatic rings. The van der Waals surface area contributed by atoms with E-state index < -0.39 is 0 Å². The molecule has 0 spiro atoms. The van der Waals surface area contributed by atoms with Crippen LogP contribution in [0.5, 0.6) is 5.75 Å². The Morgan fingerprint density at radius 1 is 1.20 bits per heavy atom. The van der Waals surface area contributed by atoms with Crippen molar-refractivity contribution in [1.29, 1.82) is 0 Å². The highest BCUT2D eigenvalue weighted by molar-refractivity contribution is 5.79. The standard InChI is InChI=1S/C23H31N5O2/c1-4-19-20-22(28(26-19)17-8-5-6-9-17)24-21(25-23(20)29)16-10-12-18(13-11-16)30-15-7-14-27(2)3/h10-13,17H,4-9,14-15H2,1-3H3,(H,24,25,29). The Morgan fingerprint density at radius 2 is 1.93 bits per heavy atom. The second-order valence-corrected chi connectivity index (χ2v) is 8.33. The van der Waals surface area contributed by atoms with Crippen molar-refractivity contribution in [3.8, 4) is 17.1 Å². The molecule has 7 heteroatoms. The van der Waals surface area contributed by atoms with Gasteiger partial charge in [-0.2, -0.15) is 5.10 Å². The highest BCUT2D eigenvalue weighted by atomic mass is 16.5. The number of aromatic nitrogens is 4. The average Bonchev–Trinajstić information content (AvgIpc) is 3.39. The number of aromatic amines is 1. The smallest absolute Gasteiger partial charge is 0.262 e. The zero-order valence-electron chi connectivity index (χ0n) is 18.1. The van der Waals surface area contributed by atoms with Crippen molar-refractivity contribution in [1.82, 2.24) is 24.6 Å². The minimum atomic E-state index is -0.111. The first kappa shape index (κ1) is 20.6. The third-order valence-corrected chi connectivity index (χ3v) is 5.79. The van der Waals surface area contributed by atoms with Gasteiger partial charge in [0, 0.05) is 12.1 Å². The molecule has 0 bridgehead atoms. The fraction of sp³-hybridized carbons (Fsp3) is 0.522. The van der Waals surface area contributed by atoms with Gasteiger partial charge < -0.3 is 14.6 Å². The molecular formula is C23H31N5O2. The maximum absolute atomic E-state index is 12.9. The summed E-state index contributed by atoms with van der Waals surface area (Å²) in [5, 5.41) is 5.40. The first-order chi connectivity index (χ1) is 14.6. The monoisotopic (exact) mass is 409 g/mol. The first-order valence-electron chi connectivity index (χ1n) is 11.0. The van der Waals surface area contributed by atoms with Crippen LogP contribution in [0, 0.1) is 0 Å². The van der Waals surface area contributed by atoms with Gasteiger partial charge in [-0.1, -0.05) is 19.8 Å². The topological polar surface area (TPSA) is 76.0 Å². The Morgan fingerprint density at radius 3 is 2.60 bits per heavy atom. The second-order valence-electron chi connectivity index (χ2n) is 8.33. The van der Waals surface area contributed by atoms with Crippen LogP contribution >= 0.6 is 0 Å². The number of hydrogen-bond donors (Lipinski definition) is 1. The number of rotatable bonds is 8. The van der Waals surface area contributed by atoms with Gasteiger partial charge in [0.25, 0.3) is 5.56 Å². The predicted molar refractivity (Wildman–Crippen MR) is 119 cm³/mol. The molecule has 160 valence electrons. The van der Waals surface area contributed by atoms with Crippen molar-refractivity contribution in [3.63, 3.8) is 0 Å². The molecule has 2 aromatic heterocycles. The van der Waals surface area contributed by atoms with Gasteiger partial charge in [-0.05, 0) is 64.0 Å². The second kappa shape index (κ2) is 9.00. The normalized spacial score (nSPS) is 14.8. The zero-order chi connectivity index (χ0) is 21.1. The van der Waals surface area contributed by atoms with Gasteiger partial charge in [0.1, 0.15) is 17.0 Å². The lowest BCUT2D eigenvalue weighted by atomic mass is 10.2. The third-order valence-electron chi connectivity index (χ3n) is 5.79. The van der Waals surface area contributed by atoms with E-state index in [1.54, 1.807) is 0 Å². The van der Waals surface area contributed by atoms with Gasteiger partial charge in [0.2, 0.25) is 0 Å². The lowest BCUT2D eigenvalue weighted by molar-refractivity contribution is 0.281. The van der Waals surface area contributed by atoms with Gasteiger partial charge >= 0.3 is 0 Å². The van der Waals surface area contributed by atoms with Crippen LogP contribution in [0.3, 0.4) is 0 Å². The van der Waals surface area contributed by atoms with E-state index in [1.807, 2.05) is 35.9 Å². The molecule has 0 radical (unpaired) electrons. The van der Waals surface area contributed by atoms with E-state index >= 15 is 0 Å². The van der Waals surface area contributed by atoms with Crippen LogP contribution < -0.4 is 10.3 Å². The fourth-order valence-electron chi connectivity index (χ4n) is 4.18. The number of benzene rings is 1. The summed E-state index contributed by atoms with van der Waals surface area (Å²) in [6.07, 6.45) is 6.32. The molecule has 0 saturated heterocycles. The van der Waals surface area contributed by atoms with Crippen molar-refractivity contribution >= 4 is 11.0 Å². The molecule has 30 heavy (non-hydrogen) atoms. The summed E-state index contributed by atoms with van der Waals surface area (Å²) in [5.74, 6) is 1.40. The number of nitrogens with zero attached hydrogens (tertiary/aromatic N) is 4. The molecule has 0 unspecified atom stereocenters. The number of ether oxygens (including phenoxy) is 1. The van der Waals surface area contributed by atoms with Gasteiger partial charge in [-0.25, -0.2) is 9.67 Å². The largest absolute Gasteiger partial charge is 0.494 e. The van der Waals surface area contributed by atoms with Crippen LogP contribution in [-0.4, -0.2) is 51.9 Å². The summed E-state index contributed by atoms with van der Waals surface area (Å²) in [6.45, 7) is 3.71. The Balaban J connectivity index is 1.61. The molecule has 4 rings (SSSR count). The van der Waals surface area contributed by atoms with Crippen LogP contribution in [-0.2, 0) is 6.42 Å². The maximum Gasteiger partial charge on any atom is 0.262 e. The highest BCUT2D eigenvalue weighted by Crippen LogP contribution is 2.32. The van der Waals surface area contributed by atoms with E-state index in [0.717, 1.165) is 49.2 Å². The number of hydrogen-bond acceptors (Lipinski definition) is 5. The van der Waals surface area contributed by atoms with E-state index in [4.69, 9.17) is 14.8 Å². The molecule has 0 aliphatic heterocycles. The molecular weight excluding hydrogens is 378 g/mol. The van der Waals surface area contributed by atoms with E-state index in [0.29, 0.717) is 29.5 Å². The number of H-pyrrole nitrogens is 1. The maximum atomic E-state index is 12.9. The van der Waals surface area contributed by atoms with Crippen LogP contribution in [0.4, 0.5) is 0 Å². The van der Waals surface area contributed by atoms with E-state index in [9.17, 15) is 4.79 Å². The lowest BCUT2D eigenvalue weighted by Crippen LogP contribution is -2.15. The van der Waals surface area contributed by atoms with Crippen LogP contribution in [0.15, 0.2) is 29.1 Å². The number of nitrogens with one attached hydrogen (secondary N) is 1. The summed E-state index contributed by atoms with van der Waals surface area (Å²) in [5.41, 5.74) is 2.30. The Labute approximate surface area is 177 Å². The van der Waals surface area contributed by atoms with Crippen molar-refractivity contribution in [2.24, 2.45) is 0 Å². The minimum absolute atomic E-state index is 0.111. The van der Waals surface area contributed by atoms with Crippen molar-refractivity contribution in [3.05, 3.63) is 40.3 Å². The van der Waals surface area contributed by atoms with Gasteiger partial charge in [0.15, 0.2) is 5.65 Å². The van der Waals surface area contributed by atoms with Crippen LogP contribution in [0.25, 0.3) is 22.4 Å². The first-order valence-corrected chi connectivity index (χ1v) is 11.0. The van der Waals surface area contributed by atoms with Gasteiger partial charge in [-0.3, -0.25) is 4.79 Å². The van der Waals surface area contributed by atoms with Crippen molar-refractivity contribution in [2.75, 3.05) is 27.2 Å². The molecule has 1 fully saturated rings. The molecule has 1 aromatic carbocycles. The molecule has 1 N–H and O–H groups in total. The zero-order valence-corrected chi connectivity index (χ0v) is 18.1. The Kier molecular flexibility index (Phi) is 6.18. The van der Waals surface area contributed by atoms with Crippen LogP contribution in [0.1, 0.15) is 50.8 Å². The van der Waals surface area contributed by atoms with Gasteiger partial charge in [-0.15, -0.1) is 0 Å². The van der Waals surface area contributed by atoms with Crippen molar-refractivity contribution < 1.29 is 4.74 Å². The summed E-state index contributed by atoms with van der Waals surface area (Å²) in [7, 11) is 4.11. The highest BCUT2D eigenvalue weighted by Gasteiger charge is 2.24. The Bertz CT molecular complexity index is 1050. The quantitative estimate of drug-likeness (QED) is 0.573. The predicted octanol–water partition coefficient (Wildman–Crippen LogP) is 3.79. The van der Waals surface area contributed by atoms with E-state index in [2.05, 4.69) is 24.0 Å². The third kappa shape index (κ3) is 4.26. The summed E-state index contributed by atoms with van der Waals surface area (Å²) >= 11 is 0. The molecule has 1 saturated carbocycles. The molecule has 1 aliphatic carbocycles. The fourth-order valence-corrected chi connectivity index (χ4v) is 4.18. The molecule has 0 atom stereocenters. The summed E-state index contributed by atoms with van der Waals surface area (Å²) < 4.78 is 7.81. The molecule has 1 aliphatic rings. The SMILES string of the molecule is CCc1nn(C2CCCC2)c2nc(-c3ccc(OCCCN(C)C)cc3)[nH]c(=O)c12. The molecule has 2 heterocycles. The summed E-state index contributed by atoms with van der Waals surface area (Å²) in [4.78, 5) is 22.8. The molecule has 7 nitrogen and oxygen atoms in total. The van der Waals surface area contributed by atoms with Gasteiger partial charge in [0.05, 0.1) is 18.3 Å². The summed E-state index contributed by atoms with van der Waals surface area (Å²) in [6, 6.07) is 8.10. The number of aryl methyl sites for hydroxylation is 1. The average molecular weight is 410 g/mol. The lowest BCUT2D eigenvalue weighted by Gasteiger charge is -2.11. The van der Waals surface area contributed by atoms with E-state index in [-0.39, 0.29) is 5.56 Å². The number of fused-ring (bicyclic) bond motifs is 1. The molecule has 0 amide bonds. The minimum Gasteiger partial charge on any atom is -0.494 e. The van der Waals surface area contributed by atoms with Crippen LogP contribution in [0.2, 0.25) is 0 Å². The Hall–Kier alpha value is -2.67. The van der Waals surface area contributed by atoms with E-state index in [1.165, 1.54) is 12.8 Å².